The lowest BCUT2D eigenvalue weighted by Crippen LogP contribution is -2.23. The van der Waals surface area contributed by atoms with Crippen LogP contribution in [0.15, 0.2) is 24.3 Å². The van der Waals surface area contributed by atoms with Crippen molar-refractivity contribution in [2.24, 2.45) is 17.8 Å². The second-order valence-electron chi connectivity index (χ2n) is 7.45. The van der Waals surface area contributed by atoms with Crippen molar-refractivity contribution in [1.82, 2.24) is 0 Å². The maximum Gasteiger partial charge on any atom is 0.329 e. The fourth-order valence-electron chi connectivity index (χ4n) is 4.08. The average molecular weight is 387 g/mol. The number of carboxylic acid groups (broad SMARTS) is 1. The summed E-state index contributed by atoms with van der Waals surface area (Å²) in [5.74, 6) is -0.632. The van der Waals surface area contributed by atoms with Crippen molar-refractivity contribution in [2.75, 3.05) is 13.2 Å². The van der Waals surface area contributed by atoms with Gasteiger partial charge in [-0.25, -0.2) is 4.79 Å². The van der Waals surface area contributed by atoms with Gasteiger partial charge in [0.15, 0.2) is 0 Å². The molecule has 148 valence electrons. The van der Waals surface area contributed by atoms with E-state index in [2.05, 4.69) is 0 Å². The molecule has 5 atom stereocenters. The molecular weight excluding hydrogens is 356 g/mol. The number of alkyl halides is 1. The number of halogens is 1. The van der Waals surface area contributed by atoms with Crippen molar-refractivity contribution in [1.29, 1.82) is 0 Å². The van der Waals surface area contributed by atoms with E-state index in [0.29, 0.717) is 18.8 Å². The predicted octanol–water partition coefficient (Wildman–Crippen LogP) is 3.14. The summed E-state index contributed by atoms with van der Waals surface area (Å²) in [6.07, 6.45) is 13.6. The summed E-state index contributed by atoms with van der Waals surface area (Å²) < 4.78 is 4.96. The molecule has 0 radical (unpaired) electrons. The van der Waals surface area contributed by atoms with E-state index in [1.54, 1.807) is 6.08 Å². The van der Waals surface area contributed by atoms with Gasteiger partial charge in [-0.2, -0.15) is 0 Å². The maximum absolute atomic E-state index is 10.4. The van der Waals surface area contributed by atoms with Crippen LogP contribution >= 0.6 is 11.6 Å². The topological polar surface area (TPSA) is 87.0 Å². The van der Waals surface area contributed by atoms with E-state index in [9.17, 15) is 15.0 Å². The molecule has 6 heteroatoms. The average Bonchev–Trinajstić information content (AvgIpc) is 2.89. The Labute approximate surface area is 160 Å². The lowest BCUT2D eigenvalue weighted by atomic mass is 9.84. The molecule has 0 aromatic rings. The largest absolute Gasteiger partial charge is 0.480 e. The Kier molecular flexibility index (Phi) is 9.12. The third-order valence-electron chi connectivity index (χ3n) is 5.55. The molecule has 0 heterocycles. The fourth-order valence-corrected chi connectivity index (χ4v) is 4.53. The zero-order valence-electron chi connectivity index (χ0n) is 15.2. The molecule has 5 nitrogen and oxygen atoms in total. The SMILES string of the molecule is O=C(O)COC/C=C\CC1[C@H](Cl)C[C@@H](O)[C@@H]1/C=C/[C@@H](O)C1CCCCC1. The lowest BCUT2D eigenvalue weighted by molar-refractivity contribution is -0.141. The van der Waals surface area contributed by atoms with Gasteiger partial charge in [0.05, 0.1) is 18.8 Å². The van der Waals surface area contributed by atoms with E-state index in [-0.39, 0.29) is 30.4 Å². The number of aliphatic hydroxyl groups is 2. The van der Waals surface area contributed by atoms with E-state index in [0.717, 1.165) is 12.8 Å². The Morgan fingerprint density at radius 1 is 1.23 bits per heavy atom. The number of aliphatic carboxylic acids is 1. The van der Waals surface area contributed by atoms with Gasteiger partial charge in [0.2, 0.25) is 0 Å². The van der Waals surface area contributed by atoms with E-state index in [4.69, 9.17) is 21.4 Å². The van der Waals surface area contributed by atoms with Crippen LogP contribution in [-0.2, 0) is 9.53 Å². The quantitative estimate of drug-likeness (QED) is 0.322. The highest BCUT2D eigenvalue weighted by Crippen LogP contribution is 2.39. The van der Waals surface area contributed by atoms with Gasteiger partial charge in [0.25, 0.3) is 0 Å². The van der Waals surface area contributed by atoms with Gasteiger partial charge in [0.1, 0.15) is 6.61 Å². The summed E-state index contributed by atoms with van der Waals surface area (Å²) in [4.78, 5) is 10.4. The first-order valence-corrected chi connectivity index (χ1v) is 10.1. The highest BCUT2D eigenvalue weighted by Gasteiger charge is 2.39. The van der Waals surface area contributed by atoms with Crippen molar-refractivity contribution < 1.29 is 24.9 Å². The zero-order chi connectivity index (χ0) is 18.9. The summed E-state index contributed by atoms with van der Waals surface area (Å²) in [7, 11) is 0. The van der Waals surface area contributed by atoms with Gasteiger partial charge in [-0.15, -0.1) is 11.6 Å². The van der Waals surface area contributed by atoms with Crippen molar-refractivity contribution in [3.8, 4) is 0 Å². The smallest absolute Gasteiger partial charge is 0.329 e. The zero-order valence-corrected chi connectivity index (χ0v) is 15.9. The van der Waals surface area contributed by atoms with Gasteiger partial charge in [-0.05, 0) is 37.5 Å². The second-order valence-corrected chi connectivity index (χ2v) is 8.01. The number of ether oxygens (including phenoxy) is 1. The Bertz CT molecular complexity index is 487. The molecule has 3 N–H and O–H groups in total. The molecule has 2 aliphatic rings. The van der Waals surface area contributed by atoms with Crippen molar-refractivity contribution in [2.45, 2.75) is 62.5 Å². The third kappa shape index (κ3) is 6.69. The second kappa shape index (κ2) is 11.1. The first-order valence-electron chi connectivity index (χ1n) is 9.62. The molecule has 2 aliphatic carbocycles. The number of carboxylic acids is 1. The standard InChI is InChI=1S/C20H31ClO5/c21-17-12-19(23)16(9-10-18(22)14-6-2-1-3-7-14)15(17)8-4-5-11-26-13-20(24)25/h4-5,9-10,14-19,22-23H,1-3,6-8,11-13H2,(H,24,25)/b5-4-,10-9+/t15?,16-,17-,18-,19-/m1/s1. The summed E-state index contributed by atoms with van der Waals surface area (Å²) in [5.41, 5.74) is 0. The number of carbonyl (C=O) groups is 1. The number of hydrogen-bond acceptors (Lipinski definition) is 4. The first kappa shape index (κ1) is 21.4. The Morgan fingerprint density at radius 2 is 1.96 bits per heavy atom. The fraction of sp³-hybridized carbons (Fsp3) is 0.750. The molecule has 2 saturated carbocycles. The minimum Gasteiger partial charge on any atom is -0.480 e. The Morgan fingerprint density at radius 3 is 2.65 bits per heavy atom. The van der Waals surface area contributed by atoms with Gasteiger partial charge in [-0.3, -0.25) is 0 Å². The Balaban J connectivity index is 1.84. The maximum atomic E-state index is 10.4. The molecule has 26 heavy (non-hydrogen) atoms. The molecule has 0 amide bonds. The van der Waals surface area contributed by atoms with Crippen LogP contribution in [-0.4, -0.2) is 52.1 Å². The number of hydrogen-bond donors (Lipinski definition) is 3. The monoisotopic (exact) mass is 386 g/mol. The van der Waals surface area contributed by atoms with E-state index in [1.807, 2.05) is 18.2 Å². The molecule has 1 unspecified atom stereocenters. The van der Waals surface area contributed by atoms with Gasteiger partial charge in [0, 0.05) is 11.3 Å². The molecule has 0 spiro atoms. The molecule has 0 saturated heterocycles. The summed E-state index contributed by atoms with van der Waals surface area (Å²) in [6, 6.07) is 0. The summed E-state index contributed by atoms with van der Waals surface area (Å²) >= 11 is 6.41. The molecular formula is C20H31ClO5. The highest BCUT2D eigenvalue weighted by atomic mass is 35.5. The van der Waals surface area contributed by atoms with Crippen LogP contribution in [0.3, 0.4) is 0 Å². The van der Waals surface area contributed by atoms with Crippen LogP contribution in [0.1, 0.15) is 44.9 Å². The van der Waals surface area contributed by atoms with E-state index >= 15 is 0 Å². The van der Waals surface area contributed by atoms with Crippen molar-refractivity contribution in [3.05, 3.63) is 24.3 Å². The first-order chi connectivity index (χ1) is 12.5. The summed E-state index contributed by atoms with van der Waals surface area (Å²) in [6.45, 7) is -0.0650. The van der Waals surface area contributed by atoms with Crippen molar-refractivity contribution >= 4 is 17.6 Å². The number of allylic oxidation sites excluding steroid dienone is 1. The van der Waals surface area contributed by atoms with Crippen LogP contribution in [0, 0.1) is 17.8 Å². The molecule has 0 bridgehead atoms. The normalized spacial score (nSPS) is 31.8. The van der Waals surface area contributed by atoms with Gasteiger partial charge < -0.3 is 20.1 Å². The molecule has 0 aliphatic heterocycles. The van der Waals surface area contributed by atoms with Crippen LogP contribution < -0.4 is 0 Å². The van der Waals surface area contributed by atoms with Crippen LogP contribution in [0.4, 0.5) is 0 Å². The predicted molar refractivity (Wildman–Crippen MR) is 101 cm³/mol. The highest BCUT2D eigenvalue weighted by molar-refractivity contribution is 6.21. The lowest BCUT2D eigenvalue weighted by Gasteiger charge is -2.25. The molecule has 0 aromatic heterocycles. The molecule has 2 rings (SSSR count). The molecule has 2 fully saturated rings. The van der Waals surface area contributed by atoms with E-state index in [1.165, 1.54) is 19.3 Å². The van der Waals surface area contributed by atoms with Gasteiger partial charge in [-0.1, -0.05) is 43.6 Å². The van der Waals surface area contributed by atoms with Crippen molar-refractivity contribution in [3.63, 3.8) is 0 Å². The summed E-state index contributed by atoms with van der Waals surface area (Å²) in [5, 5.41) is 29.1. The Hall–Kier alpha value is -0.880. The van der Waals surface area contributed by atoms with Gasteiger partial charge >= 0.3 is 5.97 Å². The van der Waals surface area contributed by atoms with Crippen LogP contribution in [0.2, 0.25) is 0 Å². The minimum absolute atomic E-state index is 0.0691. The number of rotatable bonds is 9. The number of aliphatic hydroxyl groups excluding tert-OH is 2. The van der Waals surface area contributed by atoms with Crippen LogP contribution in [0.25, 0.3) is 0 Å². The van der Waals surface area contributed by atoms with Crippen LogP contribution in [0.5, 0.6) is 0 Å². The molecule has 0 aromatic carbocycles. The third-order valence-corrected chi connectivity index (χ3v) is 6.05. The minimum atomic E-state index is -0.986. The van der Waals surface area contributed by atoms with E-state index < -0.39 is 18.2 Å².